The van der Waals surface area contributed by atoms with Gasteiger partial charge in [-0.25, -0.2) is 22.8 Å². The van der Waals surface area contributed by atoms with Crippen LogP contribution in [-0.4, -0.2) is 92.8 Å². The van der Waals surface area contributed by atoms with Gasteiger partial charge in [0.2, 0.25) is 10.0 Å². The van der Waals surface area contributed by atoms with Crippen molar-refractivity contribution >= 4 is 62.5 Å². The van der Waals surface area contributed by atoms with Crippen molar-refractivity contribution in [1.82, 2.24) is 0 Å². The van der Waals surface area contributed by atoms with Gasteiger partial charge in [-0.05, 0) is 235 Å². The van der Waals surface area contributed by atoms with E-state index in [1.54, 1.807) is 30.3 Å². The van der Waals surface area contributed by atoms with E-state index < -0.39 is 55.2 Å². The number of benzene rings is 3. The van der Waals surface area contributed by atoms with Crippen LogP contribution in [0.2, 0.25) is 0 Å². The minimum Gasteiger partial charge on any atom is -0.512 e. The van der Waals surface area contributed by atoms with Crippen molar-refractivity contribution < 1.29 is 76.4 Å². The average Bonchev–Trinajstić information content (AvgIpc) is 1.75. The van der Waals surface area contributed by atoms with Crippen LogP contribution in [0.1, 0.15) is 363 Å². The van der Waals surface area contributed by atoms with Gasteiger partial charge in [-0.1, -0.05) is 186 Å². The Labute approximate surface area is 713 Å². The van der Waals surface area contributed by atoms with Crippen molar-refractivity contribution in [2.75, 3.05) is 16.7 Å². The molecule has 20 nitrogen and oxygen atoms in total. The van der Waals surface area contributed by atoms with Gasteiger partial charge in [-0.15, -0.1) is 0 Å². The van der Waals surface area contributed by atoms with Crippen molar-refractivity contribution in [3.05, 3.63) is 134 Å². The summed E-state index contributed by atoms with van der Waals surface area (Å²) in [6.07, 6.45) is 50.3. The highest BCUT2D eigenvalue weighted by atomic mass is 32.2. The van der Waals surface area contributed by atoms with Gasteiger partial charge in [0.05, 0.1) is 27.9 Å². The zero-order valence-corrected chi connectivity index (χ0v) is 73.2. The molecule has 14 aliphatic rings. The number of nitrogen functional groups attached to an aromatic ring is 1. The van der Waals surface area contributed by atoms with Crippen molar-refractivity contribution in [3.8, 4) is 0 Å². The number of nitro groups is 1. The number of cyclic esters (lactones) is 4. The number of nitrogens with zero attached hydrogens (tertiary/aromatic N) is 1. The van der Waals surface area contributed by atoms with Crippen LogP contribution >= 0.6 is 0 Å². The number of aliphatic hydroxyl groups excluding tert-OH is 3. The Morgan fingerprint density at radius 1 is 0.442 bits per heavy atom. The Kier molecular flexibility index (Phi) is 30.4. The SMILES string of the molecule is CCC(C1=C(O)CC(CCC2CC2)(CCC2CC2)OC1=O)c1cccc(N)c1.CCC(C1=C(O)CC(CCC2CC2)(CCC2CC2)OC1=O)c1cccc(NS(C)(=O)=O)c1.CCC(C1=C(O)CC(CCC2CC2)(CCC2CC2)OC1=O)c1cccc([N+](=O)[O-])c1.O=C(CCC1CC1)CCC1CC1.O=C1CC(=O)OC(CCC2CC2)(CCC2CC2)C1. The summed E-state index contributed by atoms with van der Waals surface area (Å²) >= 11 is 0. The number of nitrogens with one attached hydrogen (secondary N) is 1. The lowest BCUT2D eigenvalue weighted by Crippen LogP contribution is -2.42. The highest BCUT2D eigenvalue weighted by molar-refractivity contribution is 7.92. The largest absolute Gasteiger partial charge is 0.512 e. The number of Topliss-reactive ketones (excluding diaryl/α,β-unsaturated/α-hetero) is 2. The fourth-order valence-corrected chi connectivity index (χ4v) is 19.7. The molecule has 120 heavy (non-hydrogen) atoms. The lowest BCUT2D eigenvalue weighted by molar-refractivity contribution is -0.384. The number of hydrogen-bond acceptors (Lipinski definition) is 18. The summed E-state index contributed by atoms with van der Waals surface area (Å²) in [4.78, 5) is 84.9. The number of carbonyl (C=O) groups is 6. The summed E-state index contributed by atoms with van der Waals surface area (Å²) in [5.74, 6) is 6.70. The van der Waals surface area contributed by atoms with Crippen molar-refractivity contribution in [1.29, 1.82) is 0 Å². The zero-order chi connectivity index (χ0) is 84.9. The molecule has 4 heterocycles. The molecule has 3 unspecified atom stereocenters. The second-order valence-electron chi connectivity index (χ2n) is 39.6. The summed E-state index contributed by atoms with van der Waals surface area (Å²) in [5, 5.41) is 44.3. The van der Waals surface area contributed by atoms with E-state index in [1.807, 2.05) is 51.1 Å². The molecule has 0 spiro atoms. The number of aliphatic hydroxyl groups is 3. The average molecular weight is 1680 g/mol. The maximum absolute atomic E-state index is 13.3. The van der Waals surface area contributed by atoms with Gasteiger partial charge < -0.3 is 40.0 Å². The fraction of sp³-hybridized carbons (Fsp3) is 0.697. The minimum absolute atomic E-state index is 0.00535. The highest BCUT2D eigenvalue weighted by Crippen LogP contribution is 2.53. The van der Waals surface area contributed by atoms with E-state index in [-0.39, 0.29) is 64.5 Å². The van der Waals surface area contributed by atoms with Crippen LogP contribution in [0.3, 0.4) is 0 Å². The number of carbonyl (C=O) groups excluding carboxylic acids is 6. The summed E-state index contributed by atoms with van der Waals surface area (Å²) in [6.45, 7) is 5.90. The van der Waals surface area contributed by atoms with Gasteiger partial charge in [0.25, 0.3) is 5.69 Å². The molecular formula is C99H139N3O17S. The van der Waals surface area contributed by atoms with Crippen LogP contribution in [0, 0.1) is 69.3 Å². The third-order valence-corrected chi connectivity index (χ3v) is 29.1. The highest BCUT2D eigenvalue weighted by Gasteiger charge is 2.50. The first-order chi connectivity index (χ1) is 57.6. The first-order valence-electron chi connectivity index (χ1n) is 47.0. The lowest BCUT2D eigenvalue weighted by Gasteiger charge is -2.39. The Bertz CT molecular complexity index is 4210. The maximum atomic E-state index is 13.3. The molecule has 21 heteroatoms. The molecule has 10 aliphatic carbocycles. The number of nitrogens with two attached hydrogens (primary N) is 1. The first-order valence-corrected chi connectivity index (χ1v) is 48.9. The lowest BCUT2D eigenvalue weighted by atomic mass is 9.79. The topological polar surface area (TPSA) is 315 Å². The van der Waals surface area contributed by atoms with Gasteiger partial charge in [0.1, 0.15) is 57.7 Å². The molecule has 0 aromatic heterocycles. The predicted molar refractivity (Wildman–Crippen MR) is 465 cm³/mol. The maximum Gasteiger partial charge on any atom is 0.338 e. The normalized spacial score (nSPS) is 23.0. The van der Waals surface area contributed by atoms with E-state index in [2.05, 4.69) is 4.72 Å². The first kappa shape index (κ1) is 90.2. The van der Waals surface area contributed by atoms with E-state index in [4.69, 9.17) is 24.7 Å². The third-order valence-electron chi connectivity index (χ3n) is 28.5. The standard InChI is InChI=1S/C25H35NO5S.C24H31NO5.C24H33NO3.C15H22O3.C11H18O/c1-3-21(19-5-4-6-20(15-19)26-32(2,29)30)23-22(27)16-25(31-24(23)28,13-11-17-7-8-17)14-12-18-9-10-18;1-2-20(18-4-3-5-19(14-18)25(28)29)22-21(26)15-24(30-23(22)27,12-10-16-6-7-16)13-11-17-8-9-17;1-2-20(18-4-3-5-19(25)14-18)22-21(26)15-24(28-23(22)27,12-10-16-6-7-16)13-11-17-8-9-17;16-13-9-14(17)18-15(10-13,7-5-11-1-2-11)8-6-12-3-4-12;12-11(7-5-9-1-2-9)8-6-10-3-4-10/h4-6,15,17-18,21,26-27H,3,7-14,16H2,1-2H3;3-5,14,16-17,20,26H,2,6-13,15H2,1H3;3-5,14,16-17,20,26H,2,6-13,15,25H2,1H3;11-12H,1-10H2;9-10H,1-8H2. The van der Waals surface area contributed by atoms with Crippen molar-refractivity contribution in [3.63, 3.8) is 0 Å². The van der Waals surface area contributed by atoms with Gasteiger partial charge in [-0.3, -0.25) is 29.2 Å². The smallest absolute Gasteiger partial charge is 0.338 e. The van der Waals surface area contributed by atoms with E-state index >= 15 is 0 Å². The molecule has 6 N–H and O–H groups in total. The number of nitro benzene ring substituents is 1. The van der Waals surface area contributed by atoms with E-state index in [9.17, 15) is 62.6 Å². The van der Waals surface area contributed by atoms with E-state index in [1.165, 1.54) is 153 Å². The molecule has 658 valence electrons. The van der Waals surface area contributed by atoms with Crippen LogP contribution in [0.5, 0.6) is 0 Å². The van der Waals surface area contributed by atoms with Crippen LogP contribution < -0.4 is 10.5 Å². The van der Waals surface area contributed by atoms with Gasteiger partial charge in [-0.2, -0.15) is 0 Å². The Balaban J connectivity index is 0.000000134. The number of rotatable bonds is 42. The Morgan fingerprint density at radius 3 is 1.02 bits per heavy atom. The molecule has 1 saturated heterocycles. The molecule has 11 fully saturated rings. The minimum atomic E-state index is -3.41. The molecule has 0 radical (unpaired) electrons. The molecule has 0 bridgehead atoms. The summed E-state index contributed by atoms with van der Waals surface area (Å²) in [6, 6.07) is 20.9. The van der Waals surface area contributed by atoms with E-state index in [0.717, 1.165) is 199 Å². The van der Waals surface area contributed by atoms with Crippen molar-refractivity contribution in [2.24, 2.45) is 59.2 Å². The van der Waals surface area contributed by atoms with Gasteiger partial charge >= 0.3 is 23.9 Å². The summed E-state index contributed by atoms with van der Waals surface area (Å²) in [5.41, 5.74) is 8.33. The number of non-ortho nitro benzene ring substituents is 1. The number of anilines is 2. The Morgan fingerprint density at radius 2 is 0.733 bits per heavy atom. The summed E-state index contributed by atoms with van der Waals surface area (Å²) < 4.78 is 49.8. The number of esters is 4. The summed E-state index contributed by atoms with van der Waals surface area (Å²) in [7, 11) is -3.41. The molecule has 3 aromatic rings. The fourth-order valence-electron chi connectivity index (χ4n) is 19.1. The monoisotopic (exact) mass is 1670 g/mol. The Hall–Kier alpha value is -7.55. The van der Waals surface area contributed by atoms with Crippen LogP contribution in [0.15, 0.2) is 107 Å². The molecule has 3 atom stereocenters. The molecule has 3 aromatic carbocycles. The number of sulfonamides is 1. The number of ketones is 2. The van der Waals surface area contributed by atoms with Crippen LogP contribution in [0.25, 0.3) is 0 Å². The third kappa shape index (κ3) is 28.0. The quantitative estimate of drug-likeness (QED) is 0.00879. The van der Waals surface area contributed by atoms with Gasteiger partial charge in [0.15, 0.2) is 0 Å². The molecule has 17 rings (SSSR count). The van der Waals surface area contributed by atoms with E-state index in [0.29, 0.717) is 72.4 Å². The molecular weight excluding hydrogens is 1540 g/mol. The zero-order valence-electron chi connectivity index (χ0n) is 72.4. The number of ether oxygens (including phenoxy) is 4. The molecule has 0 amide bonds. The van der Waals surface area contributed by atoms with Crippen LogP contribution in [0.4, 0.5) is 17.1 Å². The molecule has 10 saturated carbocycles. The second kappa shape index (κ2) is 40.4. The molecule has 4 aliphatic heterocycles. The van der Waals surface area contributed by atoms with Crippen LogP contribution in [-0.2, 0) is 57.7 Å². The second-order valence-corrected chi connectivity index (χ2v) is 41.4. The van der Waals surface area contributed by atoms with Crippen molar-refractivity contribution in [2.45, 2.75) is 369 Å². The number of hydrogen-bond donors (Lipinski definition) is 5. The van der Waals surface area contributed by atoms with Gasteiger partial charge in [0, 0.05) is 79.8 Å². The predicted octanol–water partition coefficient (Wildman–Crippen LogP) is 23.0.